The maximum absolute atomic E-state index is 10.6. The van der Waals surface area contributed by atoms with Crippen molar-refractivity contribution in [2.45, 2.75) is 18.9 Å². The van der Waals surface area contributed by atoms with Gasteiger partial charge in [0.25, 0.3) is 0 Å². The van der Waals surface area contributed by atoms with Crippen molar-refractivity contribution in [1.82, 2.24) is 0 Å². The van der Waals surface area contributed by atoms with Crippen molar-refractivity contribution in [2.75, 3.05) is 5.33 Å². The number of aliphatic hydroxyl groups is 1. The quantitative estimate of drug-likeness (QED) is 0.592. The number of hydrogen-bond acceptors (Lipinski definition) is 2. The number of aliphatic carboxylic acids is 1. The maximum Gasteiger partial charge on any atom is 0.337 e. The first-order valence-electron chi connectivity index (χ1n) is 4.81. The molecule has 0 bridgehead atoms. The van der Waals surface area contributed by atoms with E-state index in [0.29, 0.717) is 5.56 Å². The minimum absolute atomic E-state index is 0.430. The Kier molecular flexibility index (Phi) is 5.71. The summed E-state index contributed by atoms with van der Waals surface area (Å²) in [6.45, 7) is 0. The molecule has 0 aromatic heterocycles. The third-order valence-electron chi connectivity index (χ3n) is 2.21. The number of hydrogen-bond donors (Lipinski definition) is 2. The average Bonchev–Trinajstić information content (AvgIpc) is 2.26. The Labute approximate surface area is 116 Å². The Balaban J connectivity index is 2.86. The van der Waals surface area contributed by atoms with Crippen LogP contribution in [0.4, 0.5) is 0 Å². The van der Waals surface area contributed by atoms with Crippen LogP contribution in [-0.2, 0) is 11.2 Å². The molecule has 0 radical (unpaired) electrons. The van der Waals surface area contributed by atoms with E-state index < -0.39 is 12.1 Å². The van der Waals surface area contributed by atoms with Crippen LogP contribution in [0.15, 0.2) is 18.2 Å². The zero-order valence-electron chi connectivity index (χ0n) is 8.49. The van der Waals surface area contributed by atoms with Crippen molar-refractivity contribution in [3.05, 3.63) is 32.9 Å². The van der Waals surface area contributed by atoms with Gasteiger partial charge >= 0.3 is 5.97 Å². The predicted molar refractivity (Wildman–Crippen MR) is 73.9 cm³/mol. The SMILES string of the molecule is O=C(O)C(O)c1ccc(CCCBr)c(I)c1. The van der Waals surface area contributed by atoms with E-state index in [-0.39, 0.29) is 0 Å². The zero-order valence-corrected chi connectivity index (χ0v) is 12.2. The van der Waals surface area contributed by atoms with E-state index in [2.05, 4.69) is 38.5 Å². The van der Waals surface area contributed by atoms with Gasteiger partial charge in [0.15, 0.2) is 6.10 Å². The summed E-state index contributed by atoms with van der Waals surface area (Å²) in [5.41, 5.74) is 1.61. The lowest BCUT2D eigenvalue weighted by Crippen LogP contribution is -2.10. The molecule has 1 rings (SSSR count). The standard InChI is InChI=1S/C11H12BrIO3/c12-5-1-2-7-3-4-8(6-9(7)13)10(14)11(15)16/h3-4,6,10,14H,1-2,5H2,(H,15,16). The van der Waals surface area contributed by atoms with Crippen LogP contribution >= 0.6 is 38.5 Å². The molecule has 3 nitrogen and oxygen atoms in total. The van der Waals surface area contributed by atoms with Crippen molar-refractivity contribution >= 4 is 44.5 Å². The number of aliphatic hydroxyl groups excluding tert-OH is 1. The zero-order chi connectivity index (χ0) is 12.1. The molecule has 0 aliphatic rings. The fourth-order valence-corrected chi connectivity index (χ4v) is 2.43. The van der Waals surface area contributed by atoms with Crippen LogP contribution in [0, 0.1) is 3.57 Å². The minimum atomic E-state index is -1.43. The molecule has 0 fully saturated rings. The van der Waals surface area contributed by atoms with Gasteiger partial charge in [-0.2, -0.15) is 0 Å². The van der Waals surface area contributed by atoms with Crippen molar-refractivity contribution in [2.24, 2.45) is 0 Å². The van der Waals surface area contributed by atoms with Crippen LogP contribution in [-0.4, -0.2) is 21.5 Å². The topological polar surface area (TPSA) is 57.5 Å². The lowest BCUT2D eigenvalue weighted by Gasteiger charge is -2.09. The van der Waals surface area contributed by atoms with Crippen molar-refractivity contribution in [1.29, 1.82) is 0 Å². The largest absolute Gasteiger partial charge is 0.479 e. The highest BCUT2D eigenvalue weighted by atomic mass is 127. The first kappa shape index (κ1) is 13.9. The van der Waals surface area contributed by atoms with E-state index in [9.17, 15) is 9.90 Å². The second-order valence-electron chi connectivity index (χ2n) is 3.38. The smallest absolute Gasteiger partial charge is 0.337 e. The fourth-order valence-electron chi connectivity index (χ4n) is 1.34. The summed E-state index contributed by atoms with van der Waals surface area (Å²) in [5, 5.41) is 19.0. The number of carbonyl (C=O) groups is 1. The molecule has 0 saturated carbocycles. The Hall–Kier alpha value is -0.140. The minimum Gasteiger partial charge on any atom is -0.479 e. The van der Waals surface area contributed by atoms with E-state index in [1.807, 2.05) is 6.07 Å². The molecule has 1 aromatic carbocycles. The third kappa shape index (κ3) is 3.71. The first-order chi connectivity index (χ1) is 7.56. The van der Waals surface area contributed by atoms with Gasteiger partial charge in [0.2, 0.25) is 0 Å². The molecule has 1 atom stereocenters. The number of alkyl halides is 1. The van der Waals surface area contributed by atoms with E-state index >= 15 is 0 Å². The Morgan fingerprint density at radius 1 is 1.50 bits per heavy atom. The van der Waals surface area contributed by atoms with Crippen LogP contribution in [0.2, 0.25) is 0 Å². The number of rotatable bonds is 5. The average molecular weight is 399 g/mol. The molecule has 16 heavy (non-hydrogen) atoms. The molecule has 5 heteroatoms. The second-order valence-corrected chi connectivity index (χ2v) is 5.34. The maximum atomic E-state index is 10.6. The summed E-state index contributed by atoms with van der Waals surface area (Å²) in [6.07, 6.45) is 0.558. The summed E-state index contributed by atoms with van der Waals surface area (Å²) < 4.78 is 0.997. The Morgan fingerprint density at radius 2 is 2.19 bits per heavy atom. The number of aryl methyl sites for hydroxylation is 1. The van der Waals surface area contributed by atoms with Crippen LogP contribution in [0.5, 0.6) is 0 Å². The highest BCUT2D eigenvalue weighted by Crippen LogP contribution is 2.21. The molecule has 0 spiro atoms. The molecule has 88 valence electrons. The van der Waals surface area contributed by atoms with Gasteiger partial charge in [-0.15, -0.1) is 0 Å². The molecule has 0 amide bonds. The van der Waals surface area contributed by atoms with Crippen LogP contribution in [0.25, 0.3) is 0 Å². The number of carboxylic acid groups (broad SMARTS) is 1. The molecular weight excluding hydrogens is 387 g/mol. The van der Waals surface area contributed by atoms with Crippen molar-refractivity contribution in [3.8, 4) is 0 Å². The van der Waals surface area contributed by atoms with Crippen LogP contribution in [0.3, 0.4) is 0 Å². The Morgan fingerprint density at radius 3 is 2.69 bits per heavy atom. The molecule has 1 aromatic rings. The van der Waals surface area contributed by atoms with E-state index in [1.54, 1.807) is 12.1 Å². The van der Waals surface area contributed by atoms with Crippen molar-refractivity contribution < 1.29 is 15.0 Å². The molecule has 1 unspecified atom stereocenters. The predicted octanol–water partition coefficient (Wildman–Crippen LogP) is 2.74. The normalized spacial score (nSPS) is 12.4. The molecule has 0 saturated heterocycles. The molecule has 2 N–H and O–H groups in total. The number of halogens is 2. The van der Waals surface area contributed by atoms with Crippen molar-refractivity contribution in [3.63, 3.8) is 0 Å². The van der Waals surface area contributed by atoms with Gasteiger partial charge in [0, 0.05) is 8.90 Å². The van der Waals surface area contributed by atoms with Gasteiger partial charge < -0.3 is 10.2 Å². The lowest BCUT2D eigenvalue weighted by atomic mass is 10.0. The first-order valence-corrected chi connectivity index (χ1v) is 7.01. The fraction of sp³-hybridized carbons (Fsp3) is 0.364. The highest BCUT2D eigenvalue weighted by Gasteiger charge is 2.16. The molecule has 0 heterocycles. The van der Waals surface area contributed by atoms with Gasteiger partial charge in [-0.3, -0.25) is 0 Å². The van der Waals surface area contributed by atoms with E-state index in [4.69, 9.17) is 5.11 Å². The van der Waals surface area contributed by atoms with Gasteiger partial charge in [-0.1, -0.05) is 28.1 Å². The summed E-state index contributed by atoms with van der Waals surface area (Å²) in [5.74, 6) is -1.22. The summed E-state index contributed by atoms with van der Waals surface area (Å²) >= 11 is 5.53. The Bertz CT molecular complexity index is 381. The lowest BCUT2D eigenvalue weighted by molar-refractivity contribution is -0.146. The second kappa shape index (κ2) is 6.56. The molecule has 0 aliphatic heterocycles. The summed E-state index contributed by atoms with van der Waals surface area (Å²) in [4.78, 5) is 10.6. The van der Waals surface area contributed by atoms with Crippen LogP contribution in [0.1, 0.15) is 23.7 Å². The summed E-state index contributed by atoms with van der Waals surface area (Å²) in [6, 6.07) is 5.28. The molecule has 0 aliphatic carbocycles. The van der Waals surface area contributed by atoms with E-state index in [1.165, 1.54) is 5.56 Å². The number of benzene rings is 1. The molecular formula is C11H12BrIO3. The van der Waals surface area contributed by atoms with E-state index in [0.717, 1.165) is 21.7 Å². The number of carboxylic acids is 1. The van der Waals surface area contributed by atoms with Crippen LogP contribution < -0.4 is 0 Å². The van der Waals surface area contributed by atoms with Gasteiger partial charge in [0.1, 0.15) is 0 Å². The third-order valence-corrected chi connectivity index (χ3v) is 3.77. The van der Waals surface area contributed by atoms with Gasteiger partial charge in [-0.05, 0) is 52.6 Å². The van der Waals surface area contributed by atoms with Gasteiger partial charge in [-0.25, -0.2) is 4.79 Å². The summed E-state index contributed by atoms with van der Waals surface area (Å²) in [7, 11) is 0. The van der Waals surface area contributed by atoms with Gasteiger partial charge in [0.05, 0.1) is 0 Å². The highest BCUT2D eigenvalue weighted by molar-refractivity contribution is 14.1. The monoisotopic (exact) mass is 398 g/mol.